The molecule has 0 aromatic rings. The van der Waals surface area contributed by atoms with E-state index in [-0.39, 0.29) is 17.1 Å². The summed E-state index contributed by atoms with van der Waals surface area (Å²) in [6.45, 7) is 0.547. The van der Waals surface area contributed by atoms with Crippen LogP contribution in [-0.2, 0) is 9.59 Å². The topological polar surface area (TPSA) is 37.4 Å². The fraction of sp³-hybridized carbons (Fsp3) is 0.800. The zero-order valence-corrected chi connectivity index (χ0v) is 8.79. The molecule has 1 saturated carbocycles. The van der Waals surface area contributed by atoms with Crippen molar-refractivity contribution in [1.82, 2.24) is 4.90 Å². The molecule has 0 unspecified atom stereocenters. The zero-order valence-electron chi connectivity index (χ0n) is 8.04. The molecular weight excluding hydrogens is 202 g/mol. The third-order valence-electron chi connectivity index (χ3n) is 3.24. The predicted octanol–water partition coefficient (Wildman–Crippen LogP) is 1.54. The zero-order chi connectivity index (χ0) is 10.1. The van der Waals surface area contributed by atoms with E-state index in [1.807, 2.05) is 4.90 Å². The SMILES string of the molecule is O=C(Cl)[C@H]1CC(=O)N(C2CCCC2)C1. The van der Waals surface area contributed by atoms with Crippen molar-refractivity contribution in [3.63, 3.8) is 0 Å². The molecule has 0 N–H and O–H groups in total. The van der Waals surface area contributed by atoms with Crippen LogP contribution in [0.25, 0.3) is 0 Å². The maximum absolute atomic E-state index is 11.6. The number of amides is 1. The van der Waals surface area contributed by atoms with Gasteiger partial charge < -0.3 is 4.90 Å². The summed E-state index contributed by atoms with van der Waals surface area (Å²) in [6, 6.07) is 0.378. The lowest BCUT2D eigenvalue weighted by Crippen LogP contribution is -2.34. The number of carbonyl (C=O) groups is 2. The first-order valence-corrected chi connectivity index (χ1v) is 5.55. The Kier molecular flexibility index (Phi) is 2.77. The van der Waals surface area contributed by atoms with Gasteiger partial charge in [-0.1, -0.05) is 12.8 Å². The Hall–Kier alpha value is -0.570. The Labute approximate surface area is 88.4 Å². The molecule has 4 heteroatoms. The smallest absolute Gasteiger partial charge is 0.227 e. The molecule has 1 saturated heterocycles. The molecule has 1 aliphatic carbocycles. The molecule has 2 aliphatic rings. The van der Waals surface area contributed by atoms with Crippen molar-refractivity contribution in [2.75, 3.05) is 6.54 Å². The number of rotatable bonds is 2. The van der Waals surface area contributed by atoms with Gasteiger partial charge in [-0.25, -0.2) is 0 Å². The van der Waals surface area contributed by atoms with Gasteiger partial charge in [-0.2, -0.15) is 0 Å². The molecule has 0 radical (unpaired) electrons. The Morgan fingerprint density at radius 2 is 2.00 bits per heavy atom. The van der Waals surface area contributed by atoms with Crippen molar-refractivity contribution >= 4 is 22.8 Å². The predicted molar refractivity (Wildman–Crippen MR) is 52.9 cm³/mol. The van der Waals surface area contributed by atoms with E-state index < -0.39 is 0 Å². The molecular formula is C10H14ClNO2. The minimum absolute atomic E-state index is 0.107. The maximum Gasteiger partial charge on any atom is 0.227 e. The molecule has 0 bridgehead atoms. The molecule has 1 heterocycles. The fourth-order valence-electron chi connectivity index (χ4n) is 2.45. The number of nitrogens with zero attached hydrogens (tertiary/aromatic N) is 1. The second kappa shape index (κ2) is 3.89. The second-order valence-corrected chi connectivity index (χ2v) is 4.56. The Morgan fingerprint density at radius 3 is 2.50 bits per heavy atom. The average molecular weight is 216 g/mol. The highest BCUT2D eigenvalue weighted by Crippen LogP contribution is 2.30. The monoisotopic (exact) mass is 215 g/mol. The van der Waals surface area contributed by atoms with E-state index in [0.29, 0.717) is 19.0 Å². The quantitative estimate of drug-likeness (QED) is 0.656. The molecule has 2 rings (SSSR count). The summed E-state index contributed by atoms with van der Waals surface area (Å²) in [5.74, 6) is -0.152. The largest absolute Gasteiger partial charge is 0.339 e. The van der Waals surface area contributed by atoms with Gasteiger partial charge >= 0.3 is 0 Å². The van der Waals surface area contributed by atoms with Gasteiger partial charge in [-0.05, 0) is 24.4 Å². The normalized spacial score (nSPS) is 28.8. The lowest BCUT2D eigenvalue weighted by atomic mass is 10.1. The van der Waals surface area contributed by atoms with Crippen LogP contribution in [0.15, 0.2) is 0 Å². The summed E-state index contributed by atoms with van der Waals surface area (Å²) in [6.07, 6.45) is 4.91. The highest BCUT2D eigenvalue weighted by molar-refractivity contribution is 6.64. The summed E-state index contributed by atoms with van der Waals surface area (Å²) < 4.78 is 0. The van der Waals surface area contributed by atoms with Crippen molar-refractivity contribution in [3.8, 4) is 0 Å². The van der Waals surface area contributed by atoms with Crippen LogP contribution < -0.4 is 0 Å². The lowest BCUT2D eigenvalue weighted by molar-refractivity contribution is -0.129. The summed E-state index contributed by atoms with van der Waals surface area (Å²) in [4.78, 5) is 24.4. The molecule has 1 amide bonds. The third kappa shape index (κ3) is 1.78. The first-order chi connectivity index (χ1) is 6.68. The van der Waals surface area contributed by atoms with E-state index in [4.69, 9.17) is 11.6 Å². The van der Waals surface area contributed by atoms with Crippen LogP contribution in [-0.4, -0.2) is 28.6 Å². The highest BCUT2D eigenvalue weighted by Gasteiger charge is 2.37. The first kappa shape index (κ1) is 9.97. The third-order valence-corrected chi connectivity index (χ3v) is 3.55. The molecule has 0 spiro atoms. The maximum atomic E-state index is 11.6. The molecule has 2 fully saturated rings. The summed E-state index contributed by atoms with van der Waals surface area (Å²) in [5.41, 5.74) is 0. The molecule has 1 atom stereocenters. The lowest BCUT2D eigenvalue weighted by Gasteiger charge is -2.23. The molecule has 78 valence electrons. The van der Waals surface area contributed by atoms with E-state index in [1.54, 1.807) is 0 Å². The van der Waals surface area contributed by atoms with Crippen molar-refractivity contribution in [2.24, 2.45) is 5.92 Å². The van der Waals surface area contributed by atoms with Gasteiger partial charge in [0.1, 0.15) is 0 Å². The van der Waals surface area contributed by atoms with Crippen LogP contribution >= 0.6 is 11.6 Å². The number of hydrogen-bond donors (Lipinski definition) is 0. The van der Waals surface area contributed by atoms with Gasteiger partial charge in [0.05, 0.1) is 5.92 Å². The van der Waals surface area contributed by atoms with Crippen molar-refractivity contribution in [2.45, 2.75) is 38.1 Å². The fourth-order valence-corrected chi connectivity index (χ4v) is 2.60. The molecule has 3 nitrogen and oxygen atoms in total. The van der Waals surface area contributed by atoms with Crippen LogP contribution in [0.1, 0.15) is 32.1 Å². The van der Waals surface area contributed by atoms with Gasteiger partial charge in [-0.3, -0.25) is 9.59 Å². The average Bonchev–Trinajstić information content (AvgIpc) is 2.71. The van der Waals surface area contributed by atoms with Crippen molar-refractivity contribution < 1.29 is 9.59 Å². The highest BCUT2D eigenvalue weighted by atomic mass is 35.5. The Balaban J connectivity index is 2.00. The van der Waals surface area contributed by atoms with Gasteiger partial charge in [0.25, 0.3) is 0 Å². The number of likely N-dealkylation sites (tertiary alicyclic amines) is 1. The minimum atomic E-state index is -0.362. The van der Waals surface area contributed by atoms with Crippen molar-refractivity contribution in [3.05, 3.63) is 0 Å². The number of carbonyl (C=O) groups excluding carboxylic acids is 2. The van der Waals surface area contributed by atoms with Gasteiger partial charge in [-0.15, -0.1) is 0 Å². The van der Waals surface area contributed by atoms with Crippen LogP contribution in [0.3, 0.4) is 0 Å². The second-order valence-electron chi connectivity index (χ2n) is 4.19. The van der Waals surface area contributed by atoms with Crippen LogP contribution in [0.4, 0.5) is 0 Å². The van der Waals surface area contributed by atoms with E-state index in [1.165, 1.54) is 12.8 Å². The molecule has 0 aromatic carbocycles. The van der Waals surface area contributed by atoms with E-state index in [2.05, 4.69) is 0 Å². The first-order valence-electron chi connectivity index (χ1n) is 5.17. The molecule has 0 aromatic heterocycles. The van der Waals surface area contributed by atoms with Crippen molar-refractivity contribution in [1.29, 1.82) is 0 Å². The van der Waals surface area contributed by atoms with E-state index in [0.717, 1.165) is 12.8 Å². The number of hydrogen-bond acceptors (Lipinski definition) is 2. The van der Waals surface area contributed by atoms with Crippen LogP contribution in [0.5, 0.6) is 0 Å². The standard InChI is InChI=1S/C10H14ClNO2/c11-10(14)7-5-9(13)12(6-7)8-3-1-2-4-8/h7-8H,1-6H2/t7-/m0/s1. The van der Waals surface area contributed by atoms with Gasteiger partial charge in [0.15, 0.2) is 0 Å². The molecule has 1 aliphatic heterocycles. The summed E-state index contributed by atoms with van der Waals surface area (Å²) >= 11 is 5.40. The van der Waals surface area contributed by atoms with Gasteiger partial charge in [0, 0.05) is 19.0 Å². The van der Waals surface area contributed by atoms with Crippen LogP contribution in [0.2, 0.25) is 0 Å². The minimum Gasteiger partial charge on any atom is -0.339 e. The number of halogens is 1. The van der Waals surface area contributed by atoms with Gasteiger partial charge in [0.2, 0.25) is 11.1 Å². The van der Waals surface area contributed by atoms with E-state index in [9.17, 15) is 9.59 Å². The Bertz CT molecular complexity index is 261. The Morgan fingerprint density at radius 1 is 1.36 bits per heavy atom. The van der Waals surface area contributed by atoms with Crippen LogP contribution in [0, 0.1) is 5.92 Å². The summed E-state index contributed by atoms with van der Waals surface area (Å²) in [5, 5.41) is -0.362. The molecule has 14 heavy (non-hydrogen) atoms. The van der Waals surface area contributed by atoms with E-state index >= 15 is 0 Å². The summed E-state index contributed by atoms with van der Waals surface area (Å²) in [7, 11) is 0.